The van der Waals surface area contributed by atoms with Crippen LogP contribution < -0.4 is 5.56 Å². The van der Waals surface area contributed by atoms with Gasteiger partial charge < -0.3 is 5.11 Å². The number of non-ortho nitro benzene ring substituents is 1. The largest absolute Gasteiger partial charge is 0.493 e. The van der Waals surface area contributed by atoms with Crippen LogP contribution in [-0.2, 0) is 5.75 Å². The van der Waals surface area contributed by atoms with Crippen LogP contribution >= 0.6 is 11.8 Å². The summed E-state index contributed by atoms with van der Waals surface area (Å²) in [6, 6.07) is 7.62. The van der Waals surface area contributed by atoms with E-state index in [4.69, 9.17) is 0 Å². The molecule has 24 heavy (non-hydrogen) atoms. The molecule has 0 atom stereocenters. The van der Waals surface area contributed by atoms with E-state index in [1.807, 2.05) is 0 Å². The molecule has 1 fully saturated rings. The molecule has 126 valence electrons. The molecule has 2 aromatic rings. The van der Waals surface area contributed by atoms with Gasteiger partial charge in [0.1, 0.15) is 0 Å². The van der Waals surface area contributed by atoms with E-state index in [-0.39, 0.29) is 23.2 Å². The summed E-state index contributed by atoms with van der Waals surface area (Å²) in [5.41, 5.74) is 0.547. The lowest BCUT2D eigenvalue weighted by Gasteiger charge is -2.17. The van der Waals surface area contributed by atoms with E-state index in [1.54, 1.807) is 16.7 Å². The number of nitrogens with zero attached hydrogens (tertiary/aromatic N) is 3. The zero-order chi connectivity index (χ0) is 17.1. The van der Waals surface area contributed by atoms with Gasteiger partial charge in [-0.05, 0) is 18.4 Å². The Kier molecular flexibility index (Phi) is 4.84. The van der Waals surface area contributed by atoms with Gasteiger partial charge in [-0.2, -0.15) is 4.98 Å². The fraction of sp³-hybridized carbons (Fsp3) is 0.375. The van der Waals surface area contributed by atoms with Gasteiger partial charge in [0.15, 0.2) is 5.16 Å². The van der Waals surface area contributed by atoms with E-state index in [1.165, 1.54) is 23.9 Å². The molecular weight excluding hydrogens is 330 g/mol. The predicted octanol–water partition coefficient (Wildman–Crippen LogP) is 3.26. The van der Waals surface area contributed by atoms with E-state index >= 15 is 0 Å². The Balaban J connectivity index is 1.85. The Hall–Kier alpha value is -2.35. The topological polar surface area (TPSA) is 98.3 Å². The number of hydrogen-bond donors (Lipinski definition) is 1. The maximum absolute atomic E-state index is 12.3. The van der Waals surface area contributed by atoms with Gasteiger partial charge >= 0.3 is 0 Å². The van der Waals surface area contributed by atoms with Crippen molar-refractivity contribution in [3.8, 4) is 5.88 Å². The zero-order valence-electron chi connectivity index (χ0n) is 12.9. The van der Waals surface area contributed by atoms with Crippen LogP contribution in [0.3, 0.4) is 0 Å². The fourth-order valence-corrected chi connectivity index (χ4v) is 3.98. The Morgan fingerprint density at radius 2 is 2.08 bits per heavy atom. The standard InChI is InChI=1S/C16H17N3O4S/c20-14-9-15(21)18(12-5-1-2-6-12)16(17-14)24-10-11-4-3-7-13(8-11)19(22)23/h3-4,7-9,12,20H,1-2,5-6,10H2. The molecule has 1 heterocycles. The molecule has 0 radical (unpaired) electrons. The highest BCUT2D eigenvalue weighted by atomic mass is 32.2. The first-order valence-corrected chi connectivity index (χ1v) is 8.72. The van der Waals surface area contributed by atoms with E-state index < -0.39 is 4.92 Å². The number of aromatic nitrogens is 2. The van der Waals surface area contributed by atoms with Gasteiger partial charge in [0.05, 0.1) is 11.0 Å². The molecule has 3 rings (SSSR count). The Labute approximate surface area is 142 Å². The van der Waals surface area contributed by atoms with Crippen LogP contribution in [0.1, 0.15) is 37.3 Å². The van der Waals surface area contributed by atoms with Crippen molar-refractivity contribution < 1.29 is 10.0 Å². The third-order valence-electron chi connectivity index (χ3n) is 4.09. The number of rotatable bonds is 5. The highest BCUT2D eigenvalue weighted by Crippen LogP contribution is 2.32. The fourth-order valence-electron chi connectivity index (χ4n) is 2.97. The Morgan fingerprint density at radius 3 is 2.79 bits per heavy atom. The number of thioether (sulfide) groups is 1. The summed E-state index contributed by atoms with van der Waals surface area (Å²) in [4.78, 5) is 26.8. The lowest BCUT2D eigenvalue weighted by molar-refractivity contribution is -0.384. The summed E-state index contributed by atoms with van der Waals surface area (Å²) in [6.45, 7) is 0. The third kappa shape index (κ3) is 3.59. The van der Waals surface area contributed by atoms with Crippen molar-refractivity contribution in [2.24, 2.45) is 0 Å². The summed E-state index contributed by atoms with van der Waals surface area (Å²) >= 11 is 1.30. The normalized spacial score (nSPS) is 14.8. The molecule has 1 aliphatic rings. The van der Waals surface area contributed by atoms with Gasteiger partial charge in [-0.3, -0.25) is 19.5 Å². The lowest BCUT2D eigenvalue weighted by atomic mass is 10.2. The molecule has 1 saturated carbocycles. The van der Waals surface area contributed by atoms with Crippen LogP contribution in [0.5, 0.6) is 5.88 Å². The van der Waals surface area contributed by atoms with Crippen LogP contribution in [0, 0.1) is 10.1 Å². The molecule has 0 bridgehead atoms. The van der Waals surface area contributed by atoms with Crippen molar-refractivity contribution in [3.63, 3.8) is 0 Å². The average Bonchev–Trinajstić information content (AvgIpc) is 3.06. The van der Waals surface area contributed by atoms with Crippen LogP contribution in [0.25, 0.3) is 0 Å². The van der Waals surface area contributed by atoms with Crippen molar-refractivity contribution in [2.45, 2.75) is 42.6 Å². The van der Waals surface area contributed by atoms with E-state index in [0.717, 1.165) is 37.3 Å². The molecule has 0 spiro atoms. The maximum atomic E-state index is 12.3. The van der Waals surface area contributed by atoms with Gasteiger partial charge in [-0.15, -0.1) is 0 Å². The summed E-state index contributed by atoms with van der Waals surface area (Å²) in [6.07, 6.45) is 4.01. The molecular formula is C16H17N3O4S. The first-order chi connectivity index (χ1) is 11.5. The summed E-state index contributed by atoms with van der Waals surface area (Å²) in [5.74, 6) is 0.139. The summed E-state index contributed by atoms with van der Waals surface area (Å²) in [7, 11) is 0. The van der Waals surface area contributed by atoms with Gasteiger partial charge in [0.2, 0.25) is 5.88 Å². The predicted molar refractivity (Wildman–Crippen MR) is 90.3 cm³/mol. The monoisotopic (exact) mass is 347 g/mol. The molecule has 0 unspecified atom stereocenters. The van der Waals surface area contributed by atoms with Crippen molar-refractivity contribution in [1.29, 1.82) is 0 Å². The third-order valence-corrected chi connectivity index (χ3v) is 5.11. The maximum Gasteiger partial charge on any atom is 0.269 e. The second kappa shape index (κ2) is 7.04. The minimum atomic E-state index is -0.435. The molecule has 1 N–H and O–H groups in total. The van der Waals surface area contributed by atoms with Gasteiger partial charge in [-0.1, -0.05) is 36.7 Å². The van der Waals surface area contributed by atoms with Crippen molar-refractivity contribution in [3.05, 3.63) is 56.4 Å². The number of nitro benzene ring substituents is 1. The summed E-state index contributed by atoms with van der Waals surface area (Å²) < 4.78 is 1.65. The molecule has 0 aliphatic heterocycles. The molecule has 0 saturated heterocycles. The number of hydrogen-bond acceptors (Lipinski definition) is 6. The van der Waals surface area contributed by atoms with E-state index in [2.05, 4.69) is 4.98 Å². The first-order valence-electron chi connectivity index (χ1n) is 7.73. The smallest absolute Gasteiger partial charge is 0.269 e. The summed E-state index contributed by atoms with van der Waals surface area (Å²) in [5, 5.41) is 21.0. The molecule has 1 aromatic heterocycles. The molecule has 0 amide bonds. The van der Waals surface area contributed by atoms with Gasteiger partial charge in [0, 0.05) is 23.9 Å². The van der Waals surface area contributed by atoms with Crippen molar-refractivity contribution in [2.75, 3.05) is 0 Å². The van der Waals surface area contributed by atoms with Crippen LogP contribution in [0.15, 0.2) is 40.3 Å². The van der Waals surface area contributed by atoms with Crippen molar-refractivity contribution in [1.82, 2.24) is 9.55 Å². The Bertz CT molecular complexity index is 815. The van der Waals surface area contributed by atoms with E-state index in [0.29, 0.717) is 10.9 Å². The highest BCUT2D eigenvalue weighted by molar-refractivity contribution is 7.98. The lowest BCUT2D eigenvalue weighted by Crippen LogP contribution is -2.25. The van der Waals surface area contributed by atoms with Crippen LogP contribution in [0.2, 0.25) is 0 Å². The van der Waals surface area contributed by atoms with E-state index in [9.17, 15) is 20.0 Å². The second-order valence-electron chi connectivity index (χ2n) is 5.76. The van der Waals surface area contributed by atoms with Crippen LogP contribution in [0.4, 0.5) is 5.69 Å². The zero-order valence-corrected chi connectivity index (χ0v) is 13.7. The first kappa shape index (κ1) is 16.5. The molecule has 8 heteroatoms. The second-order valence-corrected chi connectivity index (χ2v) is 6.70. The average molecular weight is 347 g/mol. The molecule has 1 aliphatic carbocycles. The van der Waals surface area contributed by atoms with Gasteiger partial charge in [0.25, 0.3) is 11.2 Å². The minimum Gasteiger partial charge on any atom is -0.493 e. The molecule has 7 nitrogen and oxygen atoms in total. The quantitative estimate of drug-likeness (QED) is 0.386. The minimum absolute atomic E-state index is 0.0325. The van der Waals surface area contributed by atoms with Gasteiger partial charge in [-0.25, -0.2) is 0 Å². The highest BCUT2D eigenvalue weighted by Gasteiger charge is 2.22. The Morgan fingerprint density at radius 1 is 1.33 bits per heavy atom. The number of nitro groups is 1. The van der Waals surface area contributed by atoms with Crippen molar-refractivity contribution >= 4 is 17.4 Å². The molecule has 1 aromatic carbocycles. The number of benzene rings is 1. The number of aromatic hydroxyl groups is 1. The van der Waals surface area contributed by atoms with Crippen LogP contribution in [-0.4, -0.2) is 19.6 Å². The SMILES string of the molecule is O=c1cc(O)nc(SCc2cccc([N+](=O)[O-])c2)n1C1CCCC1.